The highest BCUT2D eigenvalue weighted by Gasteiger charge is 2.44. The van der Waals surface area contributed by atoms with Crippen molar-refractivity contribution in [1.29, 1.82) is 0 Å². The topological polar surface area (TPSA) is 79.2 Å². The first-order chi connectivity index (χ1) is 8.63. The van der Waals surface area contributed by atoms with Crippen molar-refractivity contribution >= 4 is 12.6 Å². The summed E-state index contributed by atoms with van der Waals surface area (Å²) >= 11 is 4.17. The van der Waals surface area contributed by atoms with Crippen LogP contribution in [0.4, 0.5) is 0 Å². The summed E-state index contributed by atoms with van der Waals surface area (Å²) in [5, 5.41) is 28.7. The van der Waals surface area contributed by atoms with Crippen LogP contribution in [-0.2, 0) is 4.74 Å². The highest BCUT2D eigenvalue weighted by molar-refractivity contribution is 7.80. The van der Waals surface area contributed by atoms with E-state index in [-0.39, 0.29) is 6.61 Å². The van der Waals surface area contributed by atoms with Crippen LogP contribution < -0.4 is 4.74 Å². The van der Waals surface area contributed by atoms with E-state index in [2.05, 4.69) is 12.6 Å². The maximum atomic E-state index is 9.96. The van der Waals surface area contributed by atoms with E-state index >= 15 is 0 Å². The monoisotopic (exact) mass is 272 g/mol. The molecule has 1 aromatic carbocycles. The van der Waals surface area contributed by atoms with Crippen LogP contribution in [0.15, 0.2) is 30.3 Å². The molecule has 1 saturated heterocycles. The van der Waals surface area contributed by atoms with Gasteiger partial charge in [-0.15, -0.1) is 12.6 Å². The number of hydrogen-bond donors (Lipinski definition) is 4. The molecule has 0 bridgehead atoms. The van der Waals surface area contributed by atoms with Gasteiger partial charge in [-0.1, -0.05) is 18.2 Å². The van der Waals surface area contributed by atoms with Crippen molar-refractivity contribution in [3.63, 3.8) is 0 Å². The lowest BCUT2D eigenvalue weighted by atomic mass is 10.00. The predicted molar refractivity (Wildman–Crippen MR) is 67.6 cm³/mol. The van der Waals surface area contributed by atoms with Gasteiger partial charge in [0.25, 0.3) is 0 Å². The third-order valence-corrected chi connectivity index (χ3v) is 3.27. The molecular weight excluding hydrogens is 256 g/mol. The molecule has 6 heteroatoms. The molecule has 0 aromatic heterocycles. The number of para-hydroxylation sites is 1. The molecule has 0 unspecified atom stereocenters. The molecule has 0 amide bonds. The highest BCUT2D eigenvalue weighted by Crippen LogP contribution is 2.27. The van der Waals surface area contributed by atoms with Crippen molar-refractivity contribution in [2.75, 3.05) is 6.61 Å². The maximum absolute atomic E-state index is 9.96. The minimum atomic E-state index is -1.20. The second-order valence-corrected chi connectivity index (χ2v) is 4.63. The zero-order valence-corrected chi connectivity index (χ0v) is 10.5. The van der Waals surface area contributed by atoms with E-state index in [1.54, 1.807) is 24.3 Å². The fourth-order valence-electron chi connectivity index (χ4n) is 1.86. The molecule has 0 radical (unpaired) electrons. The van der Waals surface area contributed by atoms with Crippen LogP contribution in [0.3, 0.4) is 0 Å². The van der Waals surface area contributed by atoms with Crippen molar-refractivity contribution in [3.8, 4) is 5.75 Å². The minimum absolute atomic E-state index is 0.382. The lowest BCUT2D eigenvalue weighted by molar-refractivity contribution is -0.198. The van der Waals surface area contributed by atoms with Gasteiger partial charge in [0.2, 0.25) is 0 Å². The number of rotatable bonds is 3. The Balaban J connectivity index is 2.08. The van der Waals surface area contributed by atoms with E-state index in [0.717, 1.165) is 0 Å². The van der Waals surface area contributed by atoms with Gasteiger partial charge in [-0.25, -0.2) is 0 Å². The Morgan fingerprint density at radius 1 is 1.17 bits per heavy atom. The Bertz CT molecular complexity index is 374. The van der Waals surface area contributed by atoms with Gasteiger partial charge < -0.3 is 24.8 Å². The average Bonchev–Trinajstić information content (AvgIpc) is 2.40. The van der Waals surface area contributed by atoms with Crippen LogP contribution in [0.1, 0.15) is 0 Å². The summed E-state index contributed by atoms with van der Waals surface area (Å²) in [6.45, 7) is -0.382. The van der Waals surface area contributed by atoms with Gasteiger partial charge in [0.05, 0.1) is 6.61 Å². The van der Waals surface area contributed by atoms with Crippen molar-refractivity contribution in [1.82, 2.24) is 0 Å². The number of aliphatic hydroxyl groups excluding tert-OH is 3. The average molecular weight is 272 g/mol. The molecule has 0 spiro atoms. The van der Waals surface area contributed by atoms with Crippen LogP contribution in [0.5, 0.6) is 5.75 Å². The number of benzene rings is 1. The van der Waals surface area contributed by atoms with Crippen LogP contribution in [-0.4, -0.2) is 51.8 Å². The summed E-state index contributed by atoms with van der Waals surface area (Å²) in [7, 11) is 0. The normalized spacial score (nSPS) is 36.3. The summed E-state index contributed by atoms with van der Waals surface area (Å²) < 4.78 is 10.8. The molecule has 0 saturated carbocycles. The molecule has 3 N–H and O–H groups in total. The zero-order chi connectivity index (χ0) is 13.1. The molecule has 1 heterocycles. The fraction of sp³-hybridized carbons (Fsp3) is 0.500. The zero-order valence-electron chi connectivity index (χ0n) is 9.59. The number of thiol groups is 1. The second kappa shape index (κ2) is 5.90. The summed E-state index contributed by atoms with van der Waals surface area (Å²) in [4.78, 5) is 0. The molecule has 1 aliphatic heterocycles. The van der Waals surface area contributed by atoms with Gasteiger partial charge in [-0.05, 0) is 12.1 Å². The van der Waals surface area contributed by atoms with Crippen molar-refractivity contribution < 1.29 is 24.8 Å². The Morgan fingerprint density at radius 2 is 1.83 bits per heavy atom. The predicted octanol–water partition coefficient (Wildman–Crippen LogP) is -0.197. The SMILES string of the molecule is OC[C@H]1O[C@@H](S)[C@H](Oc2ccccc2)[C@@H](O)[C@H]1O. The first-order valence-electron chi connectivity index (χ1n) is 5.65. The third kappa shape index (κ3) is 2.78. The van der Waals surface area contributed by atoms with Crippen molar-refractivity contribution in [2.24, 2.45) is 0 Å². The highest BCUT2D eigenvalue weighted by atomic mass is 32.1. The van der Waals surface area contributed by atoms with Crippen LogP contribution >= 0.6 is 12.6 Å². The third-order valence-electron chi connectivity index (χ3n) is 2.86. The molecule has 100 valence electrons. The minimum Gasteiger partial charge on any atom is -0.484 e. The Hall–Kier alpha value is -0.790. The summed E-state index contributed by atoms with van der Waals surface area (Å²) in [6, 6.07) is 8.91. The quantitative estimate of drug-likeness (QED) is 0.573. The molecule has 1 fully saturated rings. The van der Waals surface area contributed by atoms with E-state index in [1.165, 1.54) is 0 Å². The molecule has 1 aromatic rings. The van der Waals surface area contributed by atoms with Crippen molar-refractivity contribution in [2.45, 2.75) is 29.9 Å². The standard InChI is InChI=1S/C12H16O5S/c13-6-8-9(14)10(15)11(12(18)17-8)16-7-4-2-1-3-5-7/h1-5,8-15,18H,6H2/t8-,9+,10+,11-,12+/m1/s1. The van der Waals surface area contributed by atoms with Crippen molar-refractivity contribution in [3.05, 3.63) is 30.3 Å². The Kier molecular flexibility index (Phi) is 4.47. The lowest BCUT2D eigenvalue weighted by Crippen LogP contribution is -2.58. The van der Waals surface area contributed by atoms with Crippen LogP contribution in [0.25, 0.3) is 0 Å². The van der Waals surface area contributed by atoms with Crippen LogP contribution in [0.2, 0.25) is 0 Å². The molecule has 5 nitrogen and oxygen atoms in total. The smallest absolute Gasteiger partial charge is 0.162 e. The van der Waals surface area contributed by atoms with Gasteiger partial charge in [-0.3, -0.25) is 0 Å². The molecular formula is C12H16O5S. The fourth-order valence-corrected chi connectivity index (χ4v) is 2.25. The van der Waals surface area contributed by atoms with Gasteiger partial charge in [-0.2, -0.15) is 0 Å². The van der Waals surface area contributed by atoms with E-state index in [4.69, 9.17) is 14.6 Å². The number of aliphatic hydroxyl groups is 3. The summed E-state index contributed by atoms with van der Waals surface area (Å²) in [5.74, 6) is 0.554. The number of hydrogen-bond acceptors (Lipinski definition) is 6. The second-order valence-electron chi connectivity index (χ2n) is 4.12. The summed E-state index contributed by atoms with van der Waals surface area (Å²) in [5.41, 5.74) is -0.722. The Labute approximate surface area is 110 Å². The van der Waals surface area contributed by atoms with E-state index in [0.29, 0.717) is 5.75 Å². The van der Waals surface area contributed by atoms with Gasteiger partial charge in [0.15, 0.2) is 6.10 Å². The first-order valence-corrected chi connectivity index (χ1v) is 6.17. The molecule has 0 aliphatic carbocycles. The van der Waals surface area contributed by atoms with Gasteiger partial charge >= 0.3 is 0 Å². The van der Waals surface area contributed by atoms with E-state index in [9.17, 15) is 10.2 Å². The van der Waals surface area contributed by atoms with Crippen LogP contribution in [0, 0.1) is 0 Å². The number of ether oxygens (including phenoxy) is 2. The van der Waals surface area contributed by atoms with Gasteiger partial charge in [0.1, 0.15) is 29.5 Å². The molecule has 2 rings (SSSR count). The molecule has 18 heavy (non-hydrogen) atoms. The van der Waals surface area contributed by atoms with Gasteiger partial charge in [0, 0.05) is 0 Å². The molecule has 1 aliphatic rings. The lowest BCUT2D eigenvalue weighted by Gasteiger charge is -2.40. The van der Waals surface area contributed by atoms with E-state index in [1.807, 2.05) is 6.07 Å². The maximum Gasteiger partial charge on any atom is 0.162 e. The first kappa shape index (κ1) is 13.6. The Morgan fingerprint density at radius 3 is 2.44 bits per heavy atom. The molecule has 5 atom stereocenters. The largest absolute Gasteiger partial charge is 0.484 e. The van der Waals surface area contributed by atoms with E-state index < -0.39 is 29.9 Å². The summed E-state index contributed by atoms with van der Waals surface area (Å²) in [6.07, 6.45) is -4.02.